The summed E-state index contributed by atoms with van der Waals surface area (Å²) in [6, 6.07) is 8.65. The van der Waals surface area contributed by atoms with Gasteiger partial charge >= 0.3 is 6.03 Å². The van der Waals surface area contributed by atoms with Crippen LogP contribution in [0.25, 0.3) is 0 Å². The number of nitrogens with one attached hydrogen (secondary N) is 2. The highest BCUT2D eigenvalue weighted by molar-refractivity contribution is 7.10. The number of nitrogens with two attached hydrogens (primary N) is 1. The molecule has 25 heavy (non-hydrogen) atoms. The van der Waals surface area contributed by atoms with E-state index in [-0.39, 0.29) is 12.3 Å². The Morgan fingerprint density at radius 1 is 1.24 bits per heavy atom. The predicted octanol–water partition coefficient (Wildman–Crippen LogP) is 2.66. The van der Waals surface area contributed by atoms with Crippen molar-refractivity contribution in [1.82, 2.24) is 10.6 Å². The molecule has 0 fully saturated rings. The first kappa shape index (κ1) is 18.8. The fraction of sp³-hybridized carbons (Fsp3) is 0.333. The quantitative estimate of drug-likeness (QED) is 0.631. The molecule has 1 aromatic heterocycles. The van der Waals surface area contributed by atoms with Gasteiger partial charge in [0.25, 0.3) is 0 Å². The normalized spacial score (nSPS) is 11.6. The van der Waals surface area contributed by atoms with E-state index in [4.69, 9.17) is 10.5 Å². The maximum Gasteiger partial charge on any atom is 0.312 e. The van der Waals surface area contributed by atoms with E-state index in [1.807, 2.05) is 43.5 Å². The number of carbonyl (C=O) groups is 2. The van der Waals surface area contributed by atoms with Crippen LogP contribution in [0.4, 0.5) is 4.79 Å². The minimum atomic E-state index is -0.649. The predicted molar refractivity (Wildman–Crippen MR) is 98.8 cm³/mol. The molecule has 3 amide bonds. The minimum absolute atomic E-state index is 0.132. The van der Waals surface area contributed by atoms with Gasteiger partial charge < -0.3 is 21.1 Å². The number of primary amides is 1. The number of ether oxygens (including phenoxy) is 1. The van der Waals surface area contributed by atoms with Gasteiger partial charge in [0.2, 0.25) is 5.91 Å². The van der Waals surface area contributed by atoms with Crippen molar-refractivity contribution in [3.63, 3.8) is 0 Å². The fourth-order valence-electron chi connectivity index (χ4n) is 2.52. The molecule has 0 aliphatic rings. The maximum atomic E-state index is 12.1. The lowest BCUT2D eigenvalue weighted by atomic mass is 10.1. The summed E-state index contributed by atoms with van der Waals surface area (Å²) < 4.78 is 5.66. The number of benzene rings is 1. The second-order valence-corrected chi connectivity index (χ2v) is 6.78. The van der Waals surface area contributed by atoms with Crippen LogP contribution in [0.5, 0.6) is 5.75 Å². The van der Waals surface area contributed by atoms with Crippen LogP contribution < -0.4 is 21.1 Å². The summed E-state index contributed by atoms with van der Waals surface area (Å²) in [5, 5.41) is 7.28. The summed E-state index contributed by atoms with van der Waals surface area (Å²) in [6.07, 6.45) is 0.132. The van der Waals surface area contributed by atoms with Crippen LogP contribution >= 0.6 is 11.3 Å². The zero-order chi connectivity index (χ0) is 18.2. The Hall–Kier alpha value is -2.54. The summed E-state index contributed by atoms with van der Waals surface area (Å²) in [6.45, 7) is 4.79. The number of amides is 3. The van der Waals surface area contributed by atoms with E-state index in [0.717, 1.165) is 21.8 Å². The van der Waals surface area contributed by atoms with Gasteiger partial charge in [0, 0.05) is 4.88 Å². The largest absolute Gasteiger partial charge is 0.492 e. The highest BCUT2D eigenvalue weighted by Gasteiger charge is 2.18. The molecule has 7 heteroatoms. The van der Waals surface area contributed by atoms with Crippen LogP contribution in [-0.4, -0.2) is 25.1 Å². The first-order chi connectivity index (χ1) is 11.9. The van der Waals surface area contributed by atoms with Crippen LogP contribution in [0.2, 0.25) is 0 Å². The lowest BCUT2D eigenvalue weighted by molar-refractivity contribution is -0.121. The molecule has 0 saturated heterocycles. The van der Waals surface area contributed by atoms with Gasteiger partial charge in [-0.2, -0.15) is 0 Å². The van der Waals surface area contributed by atoms with Crippen molar-refractivity contribution in [2.24, 2.45) is 5.73 Å². The molecule has 0 bridgehead atoms. The highest BCUT2D eigenvalue weighted by atomic mass is 32.1. The van der Waals surface area contributed by atoms with Gasteiger partial charge in [0.05, 0.1) is 19.0 Å². The highest BCUT2D eigenvalue weighted by Crippen LogP contribution is 2.21. The third-order valence-corrected chi connectivity index (χ3v) is 4.47. The Morgan fingerprint density at radius 2 is 1.96 bits per heavy atom. The van der Waals surface area contributed by atoms with Crippen molar-refractivity contribution < 1.29 is 14.3 Å². The Labute approximate surface area is 151 Å². The van der Waals surface area contributed by atoms with Gasteiger partial charge in [0.1, 0.15) is 12.4 Å². The van der Waals surface area contributed by atoms with Crippen molar-refractivity contribution in [3.05, 3.63) is 51.7 Å². The van der Waals surface area contributed by atoms with E-state index in [9.17, 15) is 9.59 Å². The molecule has 6 nitrogen and oxygen atoms in total. The number of aryl methyl sites for hydroxylation is 2. The first-order valence-corrected chi connectivity index (χ1v) is 8.89. The van der Waals surface area contributed by atoms with Gasteiger partial charge in [0.15, 0.2) is 0 Å². The Balaban J connectivity index is 1.78. The number of hydrogen-bond donors (Lipinski definition) is 3. The second-order valence-electron chi connectivity index (χ2n) is 5.80. The van der Waals surface area contributed by atoms with E-state index in [1.165, 1.54) is 11.3 Å². The Bertz CT molecular complexity index is 696. The molecule has 134 valence electrons. The van der Waals surface area contributed by atoms with Crippen molar-refractivity contribution in [2.75, 3.05) is 13.2 Å². The molecule has 1 atom stereocenters. The van der Waals surface area contributed by atoms with Gasteiger partial charge in [-0.15, -0.1) is 11.3 Å². The van der Waals surface area contributed by atoms with Gasteiger partial charge in [-0.1, -0.05) is 12.1 Å². The van der Waals surface area contributed by atoms with Crippen molar-refractivity contribution >= 4 is 23.3 Å². The third-order valence-electron chi connectivity index (χ3n) is 3.48. The molecule has 0 saturated carbocycles. The van der Waals surface area contributed by atoms with E-state index in [0.29, 0.717) is 13.2 Å². The zero-order valence-corrected chi connectivity index (χ0v) is 15.2. The molecule has 2 aromatic rings. The van der Waals surface area contributed by atoms with Crippen molar-refractivity contribution in [3.8, 4) is 5.75 Å². The monoisotopic (exact) mass is 361 g/mol. The lowest BCUT2D eigenvalue weighted by Gasteiger charge is -2.16. The smallest absolute Gasteiger partial charge is 0.312 e. The van der Waals surface area contributed by atoms with Crippen LogP contribution in [0.3, 0.4) is 0 Å². The molecular weight excluding hydrogens is 338 g/mol. The first-order valence-electron chi connectivity index (χ1n) is 8.01. The number of rotatable bonds is 8. The summed E-state index contributed by atoms with van der Waals surface area (Å²) in [5.74, 6) is 0.620. The number of thiophene rings is 1. The van der Waals surface area contributed by atoms with E-state index < -0.39 is 12.1 Å². The number of urea groups is 1. The molecule has 0 spiro atoms. The molecular formula is C18H23N3O3S. The number of carbonyl (C=O) groups excluding carboxylic acids is 2. The van der Waals surface area contributed by atoms with E-state index in [2.05, 4.69) is 16.7 Å². The van der Waals surface area contributed by atoms with Crippen molar-refractivity contribution in [2.45, 2.75) is 26.3 Å². The molecule has 0 aliphatic carbocycles. The molecule has 2 rings (SSSR count). The molecule has 0 aliphatic heterocycles. The second kappa shape index (κ2) is 9.08. The van der Waals surface area contributed by atoms with E-state index in [1.54, 1.807) is 0 Å². The lowest BCUT2D eigenvalue weighted by Crippen LogP contribution is -2.37. The van der Waals surface area contributed by atoms with Gasteiger partial charge in [-0.05, 0) is 48.6 Å². The standard InChI is InChI=1S/C18H23N3O3S/c1-12-8-13(2)10-14(9-12)24-6-5-20-17(22)11-15(21-18(19)23)16-4-3-7-25-16/h3-4,7-10,15H,5-6,11H2,1-2H3,(H,20,22)(H3,19,21,23)/t15-/m0/s1. The average molecular weight is 361 g/mol. The van der Waals surface area contributed by atoms with Crippen LogP contribution in [0.15, 0.2) is 35.7 Å². The van der Waals surface area contributed by atoms with Crippen LogP contribution in [0.1, 0.15) is 28.5 Å². The van der Waals surface area contributed by atoms with Crippen molar-refractivity contribution in [1.29, 1.82) is 0 Å². The summed E-state index contributed by atoms with van der Waals surface area (Å²) in [7, 11) is 0. The third kappa shape index (κ3) is 6.46. The molecule has 1 aromatic carbocycles. The molecule has 0 radical (unpaired) electrons. The Morgan fingerprint density at radius 3 is 2.56 bits per heavy atom. The van der Waals surface area contributed by atoms with Crippen LogP contribution in [-0.2, 0) is 4.79 Å². The number of hydrogen-bond acceptors (Lipinski definition) is 4. The SMILES string of the molecule is Cc1cc(C)cc(OCCNC(=O)C[C@H](NC(N)=O)c2cccs2)c1. The summed E-state index contributed by atoms with van der Waals surface area (Å²) >= 11 is 1.47. The Kier molecular flexibility index (Phi) is 6.82. The van der Waals surface area contributed by atoms with Gasteiger partial charge in [-0.25, -0.2) is 4.79 Å². The van der Waals surface area contributed by atoms with Gasteiger partial charge in [-0.3, -0.25) is 4.79 Å². The maximum absolute atomic E-state index is 12.1. The van der Waals surface area contributed by atoms with Crippen LogP contribution in [0, 0.1) is 13.8 Å². The minimum Gasteiger partial charge on any atom is -0.492 e. The average Bonchev–Trinajstić information content (AvgIpc) is 3.04. The molecule has 1 heterocycles. The summed E-state index contributed by atoms with van der Waals surface area (Å²) in [5.41, 5.74) is 7.46. The fourth-order valence-corrected chi connectivity index (χ4v) is 3.30. The topological polar surface area (TPSA) is 93.4 Å². The summed E-state index contributed by atoms with van der Waals surface area (Å²) in [4.78, 5) is 24.1. The molecule has 4 N–H and O–H groups in total. The zero-order valence-electron chi connectivity index (χ0n) is 14.4. The van der Waals surface area contributed by atoms with E-state index >= 15 is 0 Å². The molecule has 0 unspecified atom stereocenters.